The van der Waals surface area contributed by atoms with Crippen molar-refractivity contribution >= 4 is 11.9 Å². The van der Waals surface area contributed by atoms with Gasteiger partial charge in [0.25, 0.3) is 5.91 Å². The number of amides is 3. The first kappa shape index (κ1) is 20.8. The summed E-state index contributed by atoms with van der Waals surface area (Å²) in [5.74, 6) is 0.130. The summed E-state index contributed by atoms with van der Waals surface area (Å²) < 4.78 is 1.73. The molecular weight excluding hydrogens is 368 g/mol. The van der Waals surface area contributed by atoms with Crippen molar-refractivity contribution in [3.05, 3.63) is 40.7 Å². The number of nitrogens with zero attached hydrogens (tertiary/aromatic N) is 4. The number of nitrogens with one attached hydrogen (secondary N) is 2. The van der Waals surface area contributed by atoms with E-state index in [1.165, 1.54) is 0 Å². The fourth-order valence-electron chi connectivity index (χ4n) is 3.43. The SMILES string of the molecule is CCNC(=O)N1CCc2c(cccc2-n2nnc(C(=O)N[C@@H](C)C(C)C)c2C)C1. The zero-order chi connectivity index (χ0) is 21.1. The molecule has 0 bridgehead atoms. The summed E-state index contributed by atoms with van der Waals surface area (Å²) in [7, 11) is 0. The van der Waals surface area contributed by atoms with E-state index in [4.69, 9.17) is 0 Å². The highest BCUT2D eigenvalue weighted by Crippen LogP contribution is 2.26. The highest BCUT2D eigenvalue weighted by Gasteiger charge is 2.25. The molecule has 8 nitrogen and oxygen atoms in total. The number of hydrogen-bond acceptors (Lipinski definition) is 4. The average molecular weight is 399 g/mol. The molecule has 0 radical (unpaired) electrons. The van der Waals surface area contributed by atoms with Gasteiger partial charge in [0.1, 0.15) is 0 Å². The van der Waals surface area contributed by atoms with Crippen LogP contribution in [0.5, 0.6) is 0 Å². The van der Waals surface area contributed by atoms with Crippen LogP contribution in [0.2, 0.25) is 0 Å². The van der Waals surface area contributed by atoms with Crippen LogP contribution in [0.3, 0.4) is 0 Å². The largest absolute Gasteiger partial charge is 0.348 e. The molecule has 29 heavy (non-hydrogen) atoms. The van der Waals surface area contributed by atoms with Crippen molar-refractivity contribution in [3.63, 3.8) is 0 Å². The first-order valence-electron chi connectivity index (χ1n) is 10.2. The number of hydrogen-bond donors (Lipinski definition) is 2. The fraction of sp³-hybridized carbons (Fsp3) is 0.524. The van der Waals surface area contributed by atoms with Crippen molar-refractivity contribution in [2.45, 2.75) is 53.6 Å². The third-order valence-corrected chi connectivity index (χ3v) is 5.55. The molecule has 0 unspecified atom stereocenters. The van der Waals surface area contributed by atoms with Crippen molar-refractivity contribution in [2.24, 2.45) is 5.92 Å². The maximum absolute atomic E-state index is 12.6. The Bertz CT molecular complexity index is 905. The molecule has 0 fully saturated rings. The molecule has 1 atom stereocenters. The average Bonchev–Trinajstić information content (AvgIpc) is 3.08. The maximum atomic E-state index is 12.6. The summed E-state index contributed by atoms with van der Waals surface area (Å²) >= 11 is 0. The van der Waals surface area contributed by atoms with Gasteiger partial charge in [-0.25, -0.2) is 9.48 Å². The number of rotatable bonds is 5. The molecule has 2 aromatic rings. The molecule has 0 saturated carbocycles. The van der Waals surface area contributed by atoms with Crippen molar-refractivity contribution in [3.8, 4) is 5.69 Å². The van der Waals surface area contributed by atoms with Gasteiger partial charge in [0.15, 0.2) is 5.69 Å². The van der Waals surface area contributed by atoms with Gasteiger partial charge in [-0.2, -0.15) is 0 Å². The third-order valence-electron chi connectivity index (χ3n) is 5.55. The normalized spacial score (nSPS) is 14.5. The summed E-state index contributed by atoms with van der Waals surface area (Å²) in [5, 5.41) is 14.3. The van der Waals surface area contributed by atoms with Gasteiger partial charge in [0, 0.05) is 25.7 Å². The molecule has 8 heteroatoms. The molecule has 0 spiro atoms. The molecule has 0 saturated heterocycles. The van der Waals surface area contributed by atoms with Gasteiger partial charge in [0.05, 0.1) is 11.4 Å². The number of benzene rings is 1. The Hall–Kier alpha value is -2.90. The van der Waals surface area contributed by atoms with Crippen LogP contribution in [0.15, 0.2) is 18.2 Å². The quantitative estimate of drug-likeness (QED) is 0.809. The molecule has 1 aromatic heterocycles. The highest BCUT2D eigenvalue weighted by molar-refractivity contribution is 5.93. The van der Waals surface area contributed by atoms with Crippen LogP contribution in [-0.4, -0.2) is 51.0 Å². The van der Waals surface area contributed by atoms with Crippen LogP contribution in [0, 0.1) is 12.8 Å². The van der Waals surface area contributed by atoms with Crippen LogP contribution in [-0.2, 0) is 13.0 Å². The molecule has 3 rings (SSSR count). The second-order valence-corrected chi connectivity index (χ2v) is 7.86. The molecule has 2 heterocycles. The summed E-state index contributed by atoms with van der Waals surface area (Å²) in [6.07, 6.45) is 0.730. The zero-order valence-corrected chi connectivity index (χ0v) is 17.8. The van der Waals surface area contributed by atoms with Crippen LogP contribution < -0.4 is 10.6 Å². The maximum Gasteiger partial charge on any atom is 0.317 e. The predicted molar refractivity (Wildman–Crippen MR) is 111 cm³/mol. The minimum absolute atomic E-state index is 0.0429. The van der Waals surface area contributed by atoms with Crippen molar-refractivity contribution in [1.29, 1.82) is 0 Å². The topological polar surface area (TPSA) is 92.2 Å². The minimum atomic E-state index is -0.206. The van der Waals surface area contributed by atoms with E-state index in [9.17, 15) is 9.59 Å². The van der Waals surface area contributed by atoms with E-state index in [2.05, 4.69) is 34.8 Å². The lowest BCUT2D eigenvalue weighted by molar-refractivity contribution is 0.0924. The Balaban J connectivity index is 1.86. The van der Waals surface area contributed by atoms with Gasteiger partial charge in [0.2, 0.25) is 0 Å². The van der Waals surface area contributed by atoms with E-state index in [1.807, 2.05) is 43.9 Å². The predicted octanol–water partition coefficient (Wildman–Crippen LogP) is 2.44. The molecule has 1 aliphatic heterocycles. The van der Waals surface area contributed by atoms with E-state index in [-0.39, 0.29) is 18.0 Å². The molecule has 1 aliphatic rings. The molecule has 3 amide bonds. The van der Waals surface area contributed by atoms with Crippen LogP contribution >= 0.6 is 0 Å². The van der Waals surface area contributed by atoms with Crippen LogP contribution in [0.25, 0.3) is 5.69 Å². The smallest absolute Gasteiger partial charge is 0.317 e. The Kier molecular flexibility index (Phi) is 6.20. The van der Waals surface area contributed by atoms with E-state index in [0.29, 0.717) is 36.9 Å². The molecule has 156 valence electrons. The first-order valence-corrected chi connectivity index (χ1v) is 10.2. The molecule has 2 N–H and O–H groups in total. The van der Waals surface area contributed by atoms with Crippen molar-refractivity contribution in [2.75, 3.05) is 13.1 Å². The number of carbonyl (C=O) groups excluding carboxylic acids is 2. The van der Waals surface area contributed by atoms with E-state index >= 15 is 0 Å². The van der Waals surface area contributed by atoms with Gasteiger partial charge in [-0.15, -0.1) is 5.10 Å². The minimum Gasteiger partial charge on any atom is -0.348 e. The summed E-state index contributed by atoms with van der Waals surface area (Å²) in [6, 6.07) is 5.99. The van der Waals surface area contributed by atoms with Crippen LogP contribution in [0.1, 0.15) is 55.0 Å². The number of urea groups is 1. The first-order chi connectivity index (χ1) is 13.8. The molecule has 1 aromatic carbocycles. The Morgan fingerprint density at radius 3 is 2.69 bits per heavy atom. The summed E-state index contributed by atoms with van der Waals surface area (Å²) in [6.45, 7) is 11.7. The van der Waals surface area contributed by atoms with Gasteiger partial charge in [-0.3, -0.25) is 4.79 Å². The van der Waals surface area contributed by atoms with Gasteiger partial charge >= 0.3 is 6.03 Å². The molecule has 0 aliphatic carbocycles. The Morgan fingerprint density at radius 1 is 1.24 bits per heavy atom. The van der Waals surface area contributed by atoms with Gasteiger partial charge in [-0.05, 0) is 50.3 Å². The highest BCUT2D eigenvalue weighted by atomic mass is 16.2. The second kappa shape index (κ2) is 8.63. The summed E-state index contributed by atoms with van der Waals surface area (Å²) in [4.78, 5) is 26.6. The van der Waals surface area contributed by atoms with Crippen LogP contribution in [0.4, 0.5) is 4.79 Å². The Labute approximate surface area is 171 Å². The number of aromatic nitrogens is 3. The lowest BCUT2D eigenvalue weighted by Crippen LogP contribution is -2.42. The van der Waals surface area contributed by atoms with Gasteiger partial charge < -0.3 is 15.5 Å². The fourth-order valence-corrected chi connectivity index (χ4v) is 3.43. The van der Waals surface area contributed by atoms with Gasteiger partial charge in [-0.1, -0.05) is 31.2 Å². The van der Waals surface area contributed by atoms with E-state index < -0.39 is 0 Å². The monoisotopic (exact) mass is 398 g/mol. The van der Waals surface area contributed by atoms with E-state index in [1.54, 1.807) is 4.68 Å². The van der Waals surface area contributed by atoms with Crippen molar-refractivity contribution < 1.29 is 9.59 Å². The number of carbonyl (C=O) groups is 2. The molecular formula is C21H30N6O2. The number of fused-ring (bicyclic) bond motifs is 1. The third kappa shape index (κ3) is 4.26. The summed E-state index contributed by atoms with van der Waals surface area (Å²) in [5.41, 5.74) is 4.20. The standard InChI is InChI=1S/C21H30N6O2/c1-6-22-21(29)26-11-10-17-16(12-26)8-7-9-18(17)27-15(5)19(24-25-27)20(28)23-14(4)13(2)3/h7-9,13-14H,6,10-12H2,1-5H3,(H,22,29)(H,23,28)/t14-/m0/s1. The second-order valence-electron chi connectivity index (χ2n) is 7.86. The zero-order valence-electron chi connectivity index (χ0n) is 17.8. The van der Waals surface area contributed by atoms with E-state index in [0.717, 1.165) is 23.2 Å². The lowest BCUT2D eigenvalue weighted by atomic mass is 9.98. The Morgan fingerprint density at radius 2 is 2.00 bits per heavy atom. The van der Waals surface area contributed by atoms with Crippen molar-refractivity contribution in [1.82, 2.24) is 30.5 Å². The lowest BCUT2D eigenvalue weighted by Gasteiger charge is -2.30.